The summed E-state index contributed by atoms with van der Waals surface area (Å²) in [6.45, 7) is 8.77. The van der Waals surface area contributed by atoms with Gasteiger partial charge in [0, 0.05) is 24.5 Å². The lowest BCUT2D eigenvalue weighted by molar-refractivity contribution is 0.300. The Balaban J connectivity index is 2.29. The van der Waals surface area contributed by atoms with Gasteiger partial charge in [-0.1, -0.05) is 19.9 Å². The summed E-state index contributed by atoms with van der Waals surface area (Å²) in [6, 6.07) is 7.89. The Morgan fingerprint density at radius 3 is 2.69 bits per heavy atom. The van der Waals surface area contributed by atoms with E-state index in [-0.39, 0.29) is 0 Å². The van der Waals surface area contributed by atoms with Gasteiger partial charge < -0.3 is 16.0 Å². The van der Waals surface area contributed by atoms with E-state index < -0.39 is 0 Å². The summed E-state index contributed by atoms with van der Waals surface area (Å²) in [5.74, 6) is 0. The molecule has 0 amide bonds. The minimum Gasteiger partial charge on any atom is -0.399 e. The molecule has 1 rings (SSSR count). The van der Waals surface area contributed by atoms with Crippen LogP contribution in [0.4, 0.5) is 11.4 Å². The first-order chi connectivity index (χ1) is 7.76. The lowest BCUT2D eigenvalue weighted by atomic mass is 10.3. The second-order valence-corrected chi connectivity index (χ2v) is 3.99. The van der Waals surface area contributed by atoms with E-state index in [2.05, 4.69) is 24.1 Å². The van der Waals surface area contributed by atoms with Crippen molar-refractivity contribution in [1.29, 1.82) is 0 Å². The van der Waals surface area contributed by atoms with Crippen LogP contribution in [0.3, 0.4) is 0 Å². The van der Waals surface area contributed by atoms with Crippen LogP contribution >= 0.6 is 0 Å². The van der Waals surface area contributed by atoms with Crippen molar-refractivity contribution in [2.24, 2.45) is 0 Å². The molecule has 0 radical (unpaired) electrons. The van der Waals surface area contributed by atoms with E-state index >= 15 is 0 Å². The number of nitrogens with zero attached hydrogens (tertiary/aromatic N) is 1. The Morgan fingerprint density at radius 2 is 2.06 bits per heavy atom. The van der Waals surface area contributed by atoms with Gasteiger partial charge in [-0.05, 0) is 37.7 Å². The lowest BCUT2D eigenvalue weighted by Gasteiger charge is -2.19. The minimum absolute atomic E-state index is 0.811. The van der Waals surface area contributed by atoms with Gasteiger partial charge in [0.1, 0.15) is 0 Å². The monoisotopic (exact) mass is 221 g/mol. The molecule has 3 N–H and O–H groups in total. The molecule has 0 spiro atoms. The van der Waals surface area contributed by atoms with Crippen molar-refractivity contribution in [1.82, 2.24) is 4.90 Å². The van der Waals surface area contributed by atoms with E-state index in [1.54, 1.807) is 0 Å². The fourth-order valence-corrected chi connectivity index (χ4v) is 1.75. The highest BCUT2D eigenvalue weighted by molar-refractivity contribution is 5.53. The Bertz CT molecular complexity index is 299. The quantitative estimate of drug-likeness (QED) is 0.695. The third-order valence-corrected chi connectivity index (χ3v) is 2.63. The summed E-state index contributed by atoms with van der Waals surface area (Å²) in [7, 11) is 0. The molecule has 0 fully saturated rings. The number of likely N-dealkylation sites (N-methyl/N-ethyl adjacent to an activating group) is 1. The van der Waals surface area contributed by atoms with Crippen molar-refractivity contribution in [3.63, 3.8) is 0 Å². The summed E-state index contributed by atoms with van der Waals surface area (Å²) < 4.78 is 0. The molecule has 1 aromatic carbocycles. The number of benzene rings is 1. The smallest absolute Gasteiger partial charge is 0.0361 e. The zero-order valence-electron chi connectivity index (χ0n) is 10.4. The summed E-state index contributed by atoms with van der Waals surface area (Å²) in [4.78, 5) is 2.44. The molecular weight excluding hydrogens is 198 g/mol. The molecule has 0 bridgehead atoms. The highest BCUT2D eigenvalue weighted by Gasteiger charge is 1.99. The zero-order chi connectivity index (χ0) is 11.8. The molecule has 0 saturated heterocycles. The maximum atomic E-state index is 5.71. The van der Waals surface area contributed by atoms with Crippen LogP contribution in [0.5, 0.6) is 0 Å². The highest BCUT2D eigenvalue weighted by Crippen LogP contribution is 2.11. The van der Waals surface area contributed by atoms with Gasteiger partial charge in [-0.2, -0.15) is 0 Å². The Hall–Kier alpha value is -1.22. The van der Waals surface area contributed by atoms with Crippen molar-refractivity contribution < 1.29 is 0 Å². The summed E-state index contributed by atoms with van der Waals surface area (Å²) in [5, 5.41) is 3.39. The van der Waals surface area contributed by atoms with E-state index in [1.165, 1.54) is 13.0 Å². The Labute approximate surface area is 98.6 Å². The fourth-order valence-electron chi connectivity index (χ4n) is 1.75. The normalized spacial score (nSPS) is 10.7. The molecule has 0 unspecified atom stereocenters. The van der Waals surface area contributed by atoms with Crippen LogP contribution in [0.15, 0.2) is 24.3 Å². The van der Waals surface area contributed by atoms with Gasteiger partial charge in [-0.25, -0.2) is 0 Å². The summed E-state index contributed by atoms with van der Waals surface area (Å²) in [6.07, 6.45) is 1.21. The molecule has 1 aromatic rings. The molecule has 3 nitrogen and oxygen atoms in total. The molecule has 0 aliphatic rings. The molecule has 0 aromatic heterocycles. The minimum atomic E-state index is 0.811. The Kier molecular flexibility index (Phi) is 5.72. The molecule has 3 heteroatoms. The number of nitrogens with two attached hydrogens (primary N) is 1. The first kappa shape index (κ1) is 12.8. The second-order valence-electron chi connectivity index (χ2n) is 3.99. The van der Waals surface area contributed by atoms with Crippen molar-refractivity contribution >= 4 is 11.4 Å². The van der Waals surface area contributed by atoms with Crippen LogP contribution in [-0.4, -0.2) is 31.1 Å². The largest absolute Gasteiger partial charge is 0.399 e. The van der Waals surface area contributed by atoms with E-state index in [1.807, 2.05) is 24.3 Å². The van der Waals surface area contributed by atoms with Crippen LogP contribution < -0.4 is 11.1 Å². The summed E-state index contributed by atoms with van der Waals surface area (Å²) in [5.41, 5.74) is 7.63. The van der Waals surface area contributed by atoms with Gasteiger partial charge in [0.25, 0.3) is 0 Å². The van der Waals surface area contributed by atoms with Crippen LogP contribution in [0.1, 0.15) is 20.3 Å². The molecular formula is C13H23N3. The van der Waals surface area contributed by atoms with E-state index in [9.17, 15) is 0 Å². The zero-order valence-corrected chi connectivity index (χ0v) is 10.4. The number of hydrogen-bond acceptors (Lipinski definition) is 3. The topological polar surface area (TPSA) is 41.3 Å². The summed E-state index contributed by atoms with van der Waals surface area (Å²) >= 11 is 0. The van der Waals surface area contributed by atoms with Gasteiger partial charge in [-0.3, -0.25) is 0 Å². The number of nitrogen functional groups attached to an aromatic ring is 1. The lowest BCUT2D eigenvalue weighted by Crippen LogP contribution is -2.29. The maximum absolute atomic E-state index is 5.71. The van der Waals surface area contributed by atoms with E-state index in [4.69, 9.17) is 5.73 Å². The van der Waals surface area contributed by atoms with Crippen molar-refractivity contribution in [3.05, 3.63) is 24.3 Å². The first-order valence-electron chi connectivity index (χ1n) is 6.08. The molecule has 0 atom stereocenters. The average molecular weight is 221 g/mol. The second kappa shape index (κ2) is 7.12. The van der Waals surface area contributed by atoms with Crippen LogP contribution in [0, 0.1) is 0 Å². The molecule has 16 heavy (non-hydrogen) atoms. The van der Waals surface area contributed by atoms with Crippen LogP contribution in [0.2, 0.25) is 0 Å². The number of hydrogen-bond donors (Lipinski definition) is 2. The predicted octanol–water partition coefficient (Wildman–Crippen LogP) is 2.41. The van der Waals surface area contributed by atoms with Crippen molar-refractivity contribution in [2.45, 2.75) is 20.3 Å². The van der Waals surface area contributed by atoms with E-state index in [0.29, 0.717) is 0 Å². The average Bonchev–Trinajstić information content (AvgIpc) is 2.28. The van der Waals surface area contributed by atoms with E-state index in [0.717, 1.165) is 31.0 Å². The van der Waals surface area contributed by atoms with Gasteiger partial charge in [0.2, 0.25) is 0 Å². The predicted molar refractivity (Wildman–Crippen MR) is 71.7 cm³/mol. The maximum Gasteiger partial charge on any atom is 0.0361 e. The van der Waals surface area contributed by atoms with Crippen molar-refractivity contribution in [3.8, 4) is 0 Å². The molecule has 0 aliphatic heterocycles. The van der Waals surface area contributed by atoms with Crippen LogP contribution in [-0.2, 0) is 0 Å². The molecule has 0 aliphatic carbocycles. The number of anilines is 2. The SMILES string of the molecule is CCCN(CC)CCNc1cccc(N)c1. The molecule has 0 saturated carbocycles. The van der Waals surface area contributed by atoms with Crippen LogP contribution in [0.25, 0.3) is 0 Å². The first-order valence-corrected chi connectivity index (χ1v) is 6.08. The van der Waals surface area contributed by atoms with Crippen molar-refractivity contribution in [2.75, 3.05) is 37.2 Å². The molecule has 0 heterocycles. The third kappa shape index (κ3) is 4.53. The van der Waals surface area contributed by atoms with Gasteiger partial charge in [-0.15, -0.1) is 0 Å². The molecule has 90 valence electrons. The van der Waals surface area contributed by atoms with Gasteiger partial charge >= 0.3 is 0 Å². The number of nitrogens with one attached hydrogen (secondary N) is 1. The Morgan fingerprint density at radius 1 is 1.25 bits per heavy atom. The highest BCUT2D eigenvalue weighted by atomic mass is 15.1. The third-order valence-electron chi connectivity index (χ3n) is 2.63. The number of rotatable bonds is 7. The van der Waals surface area contributed by atoms with Gasteiger partial charge in [0.15, 0.2) is 0 Å². The van der Waals surface area contributed by atoms with Gasteiger partial charge in [0.05, 0.1) is 0 Å². The standard InChI is InChI=1S/C13H23N3/c1-3-9-16(4-2)10-8-15-13-7-5-6-12(14)11-13/h5-7,11,15H,3-4,8-10,14H2,1-2H3. The fraction of sp³-hybridized carbons (Fsp3) is 0.538.